The molecule has 0 unspecified atom stereocenters. The number of aliphatic carboxylic acids is 1. The Bertz CT molecular complexity index is 786. The quantitative estimate of drug-likeness (QED) is 0.814. The Morgan fingerprint density at radius 1 is 1.26 bits per heavy atom. The molecule has 2 aromatic rings. The molecule has 1 amide bonds. The minimum absolute atomic E-state index is 0.346. The van der Waals surface area contributed by atoms with Crippen LogP contribution >= 0.6 is 15.9 Å². The average molecular weight is 380 g/mol. The van der Waals surface area contributed by atoms with Crippen LogP contribution in [0.25, 0.3) is 11.3 Å². The van der Waals surface area contributed by atoms with Crippen LogP contribution < -0.4 is 10.9 Å². The van der Waals surface area contributed by atoms with E-state index in [1.807, 2.05) is 24.3 Å². The van der Waals surface area contributed by atoms with Crippen molar-refractivity contribution in [3.05, 3.63) is 51.2 Å². The fourth-order valence-electron chi connectivity index (χ4n) is 1.82. The number of hydrogen-bond donors (Lipinski definition) is 2. The second-order valence-corrected chi connectivity index (χ2v) is 5.76. The van der Waals surface area contributed by atoms with E-state index in [1.165, 1.54) is 13.0 Å². The second kappa shape index (κ2) is 7.19. The van der Waals surface area contributed by atoms with Crippen molar-refractivity contribution in [2.75, 3.05) is 0 Å². The lowest BCUT2D eigenvalue weighted by molar-refractivity contribution is -0.141. The van der Waals surface area contributed by atoms with Gasteiger partial charge in [-0.15, -0.1) is 0 Å². The molecule has 1 aromatic heterocycles. The molecule has 0 fully saturated rings. The second-order valence-electron chi connectivity index (χ2n) is 4.85. The number of carbonyl (C=O) groups excluding carboxylic acids is 1. The van der Waals surface area contributed by atoms with Gasteiger partial charge in [0.25, 0.3) is 5.56 Å². The van der Waals surface area contributed by atoms with Crippen LogP contribution in [0.1, 0.15) is 6.92 Å². The Morgan fingerprint density at radius 3 is 2.52 bits per heavy atom. The number of nitrogens with one attached hydrogen (secondary N) is 1. The van der Waals surface area contributed by atoms with E-state index in [2.05, 4.69) is 26.3 Å². The summed E-state index contributed by atoms with van der Waals surface area (Å²) in [6, 6.07) is 9.19. The minimum atomic E-state index is -1.15. The largest absolute Gasteiger partial charge is 0.480 e. The summed E-state index contributed by atoms with van der Waals surface area (Å²) in [6.45, 7) is 0.996. The predicted molar refractivity (Wildman–Crippen MR) is 86.9 cm³/mol. The van der Waals surface area contributed by atoms with Gasteiger partial charge >= 0.3 is 5.97 Å². The number of carbonyl (C=O) groups is 2. The zero-order chi connectivity index (χ0) is 17.0. The Balaban J connectivity index is 2.21. The van der Waals surface area contributed by atoms with E-state index in [0.717, 1.165) is 14.7 Å². The lowest BCUT2D eigenvalue weighted by atomic mass is 10.1. The van der Waals surface area contributed by atoms with Crippen LogP contribution in [0.3, 0.4) is 0 Å². The molecule has 0 aliphatic carbocycles. The summed E-state index contributed by atoms with van der Waals surface area (Å²) in [5.74, 6) is -1.75. The number of nitrogens with zero attached hydrogens (tertiary/aromatic N) is 2. The zero-order valence-electron chi connectivity index (χ0n) is 12.2. The summed E-state index contributed by atoms with van der Waals surface area (Å²) in [5, 5.41) is 15.2. The van der Waals surface area contributed by atoms with Crippen molar-refractivity contribution >= 4 is 27.8 Å². The fourth-order valence-corrected chi connectivity index (χ4v) is 2.09. The average Bonchev–Trinajstić information content (AvgIpc) is 2.50. The molecular formula is C15H14BrN3O4. The van der Waals surface area contributed by atoms with Crippen molar-refractivity contribution in [2.24, 2.45) is 0 Å². The van der Waals surface area contributed by atoms with E-state index in [-0.39, 0.29) is 6.54 Å². The van der Waals surface area contributed by atoms with Crippen LogP contribution in [0.15, 0.2) is 45.7 Å². The van der Waals surface area contributed by atoms with Gasteiger partial charge in [0.05, 0.1) is 5.69 Å². The number of carboxylic acids is 1. The van der Waals surface area contributed by atoms with E-state index in [1.54, 1.807) is 6.07 Å². The maximum absolute atomic E-state index is 11.8. The highest BCUT2D eigenvalue weighted by molar-refractivity contribution is 9.10. The zero-order valence-corrected chi connectivity index (χ0v) is 13.8. The summed E-state index contributed by atoms with van der Waals surface area (Å²) < 4.78 is 1.91. The highest BCUT2D eigenvalue weighted by atomic mass is 79.9. The number of carboxylic acid groups (broad SMARTS) is 1. The van der Waals surface area contributed by atoms with Gasteiger partial charge < -0.3 is 10.4 Å². The van der Waals surface area contributed by atoms with Gasteiger partial charge in [-0.3, -0.25) is 14.4 Å². The molecule has 0 radical (unpaired) electrons. The molecule has 2 N–H and O–H groups in total. The first kappa shape index (κ1) is 16.9. The standard InChI is InChI=1S/C15H14BrN3O4/c1-9(15(22)23)17-13(20)8-19-14(21)7-6-12(18-19)10-2-4-11(16)5-3-10/h2-7,9H,8H2,1H3,(H,17,20)(H,22,23)/t9-/m1/s1. The first-order chi connectivity index (χ1) is 10.9. The van der Waals surface area contributed by atoms with Crippen molar-refractivity contribution < 1.29 is 14.7 Å². The Kier molecular flexibility index (Phi) is 5.28. The molecule has 0 saturated heterocycles. The highest BCUT2D eigenvalue weighted by Gasteiger charge is 2.15. The molecular weight excluding hydrogens is 366 g/mol. The van der Waals surface area contributed by atoms with Gasteiger partial charge in [-0.1, -0.05) is 28.1 Å². The molecule has 1 heterocycles. The highest BCUT2D eigenvalue weighted by Crippen LogP contribution is 2.18. The van der Waals surface area contributed by atoms with Gasteiger partial charge in [-0.2, -0.15) is 5.10 Å². The topological polar surface area (TPSA) is 101 Å². The van der Waals surface area contributed by atoms with Crippen LogP contribution in [0, 0.1) is 0 Å². The maximum Gasteiger partial charge on any atom is 0.325 e. The number of halogens is 1. The van der Waals surface area contributed by atoms with Crippen LogP contribution in [0.4, 0.5) is 0 Å². The van der Waals surface area contributed by atoms with Crippen molar-refractivity contribution in [2.45, 2.75) is 19.5 Å². The van der Waals surface area contributed by atoms with Crippen LogP contribution in [0.2, 0.25) is 0 Å². The molecule has 0 aliphatic rings. The third-order valence-electron chi connectivity index (χ3n) is 3.05. The number of benzene rings is 1. The Labute approximate surface area is 140 Å². The van der Waals surface area contributed by atoms with Gasteiger partial charge in [-0.25, -0.2) is 4.68 Å². The summed E-state index contributed by atoms with van der Waals surface area (Å²) in [4.78, 5) is 34.3. The molecule has 8 heteroatoms. The van der Waals surface area contributed by atoms with E-state index >= 15 is 0 Å². The van der Waals surface area contributed by atoms with E-state index in [9.17, 15) is 14.4 Å². The maximum atomic E-state index is 11.8. The number of rotatable bonds is 5. The summed E-state index contributed by atoms with van der Waals surface area (Å²) in [6.07, 6.45) is 0. The van der Waals surface area contributed by atoms with E-state index in [4.69, 9.17) is 5.11 Å². The normalized spacial score (nSPS) is 11.7. The summed E-state index contributed by atoms with van der Waals surface area (Å²) in [5.41, 5.74) is 0.890. The molecule has 1 aromatic carbocycles. The minimum Gasteiger partial charge on any atom is -0.480 e. The van der Waals surface area contributed by atoms with Gasteiger partial charge in [0, 0.05) is 16.1 Å². The van der Waals surface area contributed by atoms with Crippen molar-refractivity contribution in [1.82, 2.24) is 15.1 Å². The summed E-state index contributed by atoms with van der Waals surface area (Å²) in [7, 11) is 0. The van der Waals surface area contributed by atoms with Crippen molar-refractivity contribution in [3.63, 3.8) is 0 Å². The monoisotopic (exact) mass is 379 g/mol. The number of aromatic nitrogens is 2. The molecule has 23 heavy (non-hydrogen) atoms. The lowest BCUT2D eigenvalue weighted by Crippen LogP contribution is -2.41. The van der Waals surface area contributed by atoms with Gasteiger partial charge in [0.2, 0.25) is 5.91 Å². The smallest absolute Gasteiger partial charge is 0.325 e. The molecule has 0 bridgehead atoms. The lowest BCUT2D eigenvalue weighted by Gasteiger charge is -2.10. The van der Waals surface area contributed by atoms with Gasteiger partial charge in [0.15, 0.2) is 0 Å². The predicted octanol–water partition coefficient (Wildman–Crippen LogP) is 1.26. The van der Waals surface area contributed by atoms with Crippen LogP contribution in [0.5, 0.6) is 0 Å². The van der Waals surface area contributed by atoms with Crippen LogP contribution in [-0.2, 0) is 16.1 Å². The van der Waals surface area contributed by atoms with E-state index in [0.29, 0.717) is 5.69 Å². The molecule has 1 atom stereocenters. The number of hydrogen-bond acceptors (Lipinski definition) is 4. The molecule has 0 spiro atoms. The third kappa shape index (κ3) is 4.49. The molecule has 0 aliphatic heterocycles. The molecule has 7 nitrogen and oxygen atoms in total. The third-order valence-corrected chi connectivity index (χ3v) is 3.58. The first-order valence-corrected chi connectivity index (χ1v) is 7.52. The van der Waals surface area contributed by atoms with Crippen molar-refractivity contribution in [1.29, 1.82) is 0 Å². The van der Waals surface area contributed by atoms with Gasteiger partial charge in [-0.05, 0) is 25.1 Å². The Morgan fingerprint density at radius 2 is 1.91 bits per heavy atom. The summed E-state index contributed by atoms with van der Waals surface area (Å²) >= 11 is 3.33. The molecule has 2 rings (SSSR count). The first-order valence-electron chi connectivity index (χ1n) is 6.73. The van der Waals surface area contributed by atoms with Crippen molar-refractivity contribution in [3.8, 4) is 11.3 Å². The number of amides is 1. The van der Waals surface area contributed by atoms with Crippen LogP contribution in [-0.4, -0.2) is 32.8 Å². The fraction of sp³-hybridized carbons (Fsp3) is 0.200. The molecule has 120 valence electrons. The SMILES string of the molecule is C[C@@H](NC(=O)Cn1nc(-c2ccc(Br)cc2)ccc1=O)C(=O)O. The Hall–Kier alpha value is -2.48. The van der Waals surface area contributed by atoms with E-state index < -0.39 is 23.5 Å². The van der Waals surface area contributed by atoms with Gasteiger partial charge in [0.1, 0.15) is 12.6 Å². The molecule has 0 saturated carbocycles.